The Labute approximate surface area is 242 Å². The summed E-state index contributed by atoms with van der Waals surface area (Å²) in [6.07, 6.45) is 23.8. The largest absolute Gasteiger partial charge is 0.264 e. The predicted molar refractivity (Wildman–Crippen MR) is 164 cm³/mol. The van der Waals surface area contributed by atoms with Crippen LogP contribution in [0.3, 0.4) is 0 Å². The number of nitrogens with zero attached hydrogens (tertiary/aromatic N) is 7. The van der Waals surface area contributed by atoms with Crippen LogP contribution in [-0.2, 0) is 0 Å². The Hall–Kier alpha value is -5.95. The third kappa shape index (κ3) is 5.02. The van der Waals surface area contributed by atoms with Gasteiger partial charge in [0.15, 0.2) is 0 Å². The molecule has 0 aliphatic carbocycles. The molecule has 0 unspecified atom stereocenters. The van der Waals surface area contributed by atoms with E-state index in [0.717, 1.165) is 66.9 Å². The molecule has 0 aliphatic heterocycles. The lowest BCUT2D eigenvalue weighted by Gasteiger charge is -2.12. The van der Waals surface area contributed by atoms with E-state index >= 15 is 0 Å². The van der Waals surface area contributed by atoms with Gasteiger partial charge in [-0.1, -0.05) is 18.2 Å². The topological polar surface area (TPSA) is 90.2 Å². The van der Waals surface area contributed by atoms with Crippen LogP contribution in [0.15, 0.2) is 141 Å². The Morgan fingerprint density at radius 1 is 0.310 bits per heavy atom. The highest BCUT2D eigenvalue weighted by Crippen LogP contribution is 2.35. The fraction of sp³-hybridized carbons (Fsp3) is 0. The van der Waals surface area contributed by atoms with E-state index in [-0.39, 0.29) is 0 Å². The zero-order chi connectivity index (χ0) is 28.1. The molecule has 0 fully saturated rings. The molecule has 7 aromatic heterocycles. The van der Waals surface area contributed by atoms with Gasteiger partial charge in [-0.3, -0.25) is 34.9 Å². The van der Waals surface area contributed by atoms with Crippen molar-refractivity contribution in [2.45, 2.75) is 0 Å². The second-order valence-electron chi connectivity index (χ2n) is 9.68. The smallest absolute Gasteiger partial charge is 0.0709 e. The zero-order valence-electron chi connectivity index (χ0n) is 22.4. The SMILES string of the molecule is c1cncc(-c2cncc(-c3cnccc3-c3ccc(-c4ccncc4-c4cncc(-c5cccnc5)c4)nc3)c2)c1. The minimum atomic E-state index is 0.846. The molecule has 7 heteroatoms. The summed E-state index contributed by atoms with van der Waals surface area (Å²) in [7, 11) is 0. The molecule has 0 N–H and O–H groups in total. The first-order valence-electron chi connectivity index (χ1n) is 13.4. The summed E-state index contributed by atoms with van der Waals surface area (Å²) in [5, 5.41) is 0. The molecule has 0 aromatic carbocycles. The molecule has 42 heavy (non-hydrogen) atoms. The Balaban J connectivity index is 1.23. The van der Waals surface area contributed by atoms with E-state index in [2.05, 4.69) is 48.1 Å². The van der Waals surface area contributed by atoms with Crippen LogP contribution in [0.5, 0.6) is 0 Å². The second-order valence-corrected chi connectivity index (χ2v) is 9.68. The fourth-order valence-corrected chi connectivity index (χ4v) is 4.99. The van der Waals surface area contributed by atoms with Crippen molar-refractivity contribution in [2.24, 2.45) is 0 Å². The van der Waals surface area contributed by atoms with Crippen LogP contribution in [-0.4, -0.2) is 34.9 Å². The van der Waals surface area contributed by atoms with E-state index < -0.39 is 0 Å². The summed E-state index contributed by atoms with van der Waals surface area (Å²) in [5.41, 5.74) is 11.7. The maximum atomic E-state index is 4.89. The van der Waals surface area contributed by atoms with Crippen molar-refractivity contribution < 1.29 is 0 Å². The quantitative estimate of drug-likeness (QED) is 0.216. The lowest BCUT2D eigenvalue weighted by atomic mass is 9.95. The summed E-state index contributed by atoms with van der Waals surface area (Å²) in [4.78, 5) is 31.2. The maximum absolute atomic E-state index is 4.89. The van der Waals surface area contributed by atoms with Gasteiger partial charge in [-0.2, -0.15) is 0 Å². The van der Waals surface area contributed by atoms with E-state index in [1.165, 1.54) is 0 Å². The summed E-state index contributed by atoms with van der Waals surface area (Å²) >= 11 is 0. The monoisotopic (exact) mass is 541 g/mol. The number of rotatable bonds is 6. The molecule has 198 valence electrons. The van der Waals surface area contributed by atoms with Crippen LogP contribution in [0.25, 0.3) is 66.9 Å². The molecule has 7 heterocycles. The molecule has 0 spiro atoms. The summed E-state index contributed by atoms with van der Waals surface area (Å²) in [5.74, 6) is 0. The lowest BCUT2D eigenvalue weighted by molar-refractivity contribution is 1.26. The first-order valence-corrected chi connectivity index (χ1v) is 13.4. The van der Waals surface area contributed by atoms with Gasteiger partial charge in [0.25, 0.3) is 0 Å². The van der Waals surface area contributed by atoms with Crippen LogP contribution < -0.4 is 0 Å². The molecular weight excluding hydrogens is 518 g/mol. The maximum Gasteiger partial charge on any atom is 0.0709 e. The van der Waals surface area contributed by atoms with E-state index in [1.54, 1.807) is 24.8 Å². The molecule has 0 aliphatic rings. The van der Waals surface area contributed by atoms with Crippen LogP contribution in [0.2, 0.25) is 0 Å². The highest BCUT2D eigenvalue weighted by atomic mass is 14.7. The zero-order valence-corrected chi connectivity index (χ0v) is 22.4. The van der Waals surface area contributed by atoms with Gasteiger partial charge < -0.3 is 0 Å². The Bertz CT molecular complexity index is 1830. The molecule has 7 nitrogen and oxygen atoms in total. The first-order chi connectivity index (χ1) is 20.8. The van der Waals surface area contributed by atoms with Gasteiger partial charge in [-0.25, -0.2) is 0 Å². The Kier molecular flexibility index (Phi) is 6.72. The van der Waals surface area contributed by atoms with Crippen molar-refractivity contribution in [3.8, 4) is 66.9 Å². The summed E-state index contributed by atoms with van der Waals surface area (Å²) in [6.45, 7) is 0. The van der Waals surface area contributed by atoms with Crippen molar-refractivity contribution >= 4 is 0 Å². The van der Waals surface area contributed by atoms with E-state index in [9.17, 15) is 0 Å². The van der Waals surface area contributed by atoms with Crippen LogP contribution in [0, 0.1) is 0 Å². The van der Waals surface area contributed by atoms with Crippen LogP contribution in [0.4, 0.5) is 0 Å². The molecule has 0 radical (unpaired) electrons. The molecule has 0 saturated carbocycles. The van der Waals surface area contributed by atoms with Crippen molar-refractivity contribution in [1.29, 1.82) is 0 Å². The summed E-state index contributed by atoms with van der Waals surface area (Å²) in [6, 6.07) is 20.3. The molecule has 7 aromatic rings. The summed E-state index contributed by atoms with van der Waals surface area (Å²) < 4.78 is 0. The van der Waals surface area contributed by atoms with E-state index in [0.29, 0.717) is 0 Å². The minimum absolute atomic E-state index is 0.846. The Morgan fingerprint density at radius 2 is 0.833 bits per heavy atom. The van der Waals surface area contributed by atoms with Gasteiger partial charge in [0.05, 0.1) is 5.69 Å². The van der Waals surface area contributed by atoms with Crippen LogP contribution >= 0.6 is 0 Å². The van der Waals surface area contributed by atoms with Gasteiger partial charge in [-0.05, 0) is 48.0 Å². The predicted octanol–water partition coefficient (Wildman–Crippen LogP) is 7.45. The van der Waals surface area contributed by atoms with Gasteiger partial charge in [-0.15, -0.1) is 0 Å². The minimum Gasteiger partial charge on any atom is -0.264 e. The molecule has 0 saturated heterocycles. The van der Waals surface area contributed by atoms with Gasteiger partial charge >= 0.3 is 0 Å². The van der Waals surface area contributed by atoms with Crippen molar-refractivity contribution in [2.75, 3.05) is 0 Å². The van der Waals surface area contributed by atoms with Gasteiger partial charge in [0.2, 0.25) is 0 Å². The number of hydrogen-bond donors (Lipinski definition) is 0. The van der Waals surface area contributed by atoms with E-state index in [4.69, 9.17) is 4.98 Å². The van der Waals surface area contributed by atoms with Crippen molar-refractivity contribution in [1.82, 2.24) is 34.9 Å². The number of hydrogen-bond acceptors (Lipinski definition) is 7. The number of pyridine rings is 7. The molecule has 0 bridgehead atoms. The van der Waals surface area contributed by atoms with Gasteiger partial charge in [0.1, 0.15) is 0 Å². The molecule has 0 amide bonds. The highest BCUT2D eigenvalue weighted by Gasteiger charge is 2.13. The normalized spacial score (nSPS) is 10.9. The molecular formula is C35H23N7. The standard InChI is InChI=1S/C35H23N7/c1-3-24(15-36-9-1)27-13-29(19-40-17-27)33-22-38-11-7-31(33)26-5-6-35(42-21-26)32-8-12-39-23-34(32)30-14-28(18-41-20-30)25-4-2-10-37-16-25/h1-23H. The average Bonchev–Trinajstić information content (AvgIpc) is 3.09. The average molecular weight is 542 g/mol. The van der Waals surface area contributed by atoms with Crippen molar-refractivity contribution in [3.05, 3.63) is 141 Å². The number of aromatic nitrogens is 7. The highest BCUT2D eigenvalue weighted by molar-refractivity contribution is 5.86. The van der Waals surface area contributed by atoms with Crippen molar-refractivity contribution in [3.63, 3.8) is 0 Å². The van der Waals surface area contributed by atoms with Gasteiger partial charge in [0, 0.05) is 136 Å². The third-order valence-corrected chi connectivity index (χ3v) is 7.08. The lowest BCUT2D eigenvalue weighted by Crippen LogP contribution is -1.93. The first kappa shape index (κ1) is 25.0. The second kappa shape index (κ2) is 11.3. The van der Waals surface area contributed by atoms with Crippen LogP contribution in [0.1, 0.15) is 0 Å². The molecule has 7 rings (SSSR count). The van der Waals surface area contributed by atoms with E-state index in [1.807, 2.05) is 98.2 Å². The Morgan fingerprint density at radius 3 is 1.38 bits per heavy atom. The molecule has 0 atom stereocenters. The third-order valence-electron chi connectivity index (χ3n) is 7.08. The fourth-order valence-electron chi connectivity index (χ4n) is 4.99.